The first-order valence-electron chi connectivity index (χ1n) is 15.6. The van der Waals surface area contributed by atoms with Gasteiger partial charge >= 0.3 is 6.01 Å². The first-order valence-corrected chi connectivity index (χ1v) is 17.6. The molecule has 3 aromatic carbocycles. The van der Waals surface area contributed by atoms with Crippen LogP contribution in [0.25, 0.3) is 10.8 Å². The number of hydrogen-bond acceptors (Lipinski definition) is 11. The number of methoxy groups -OCH3 is 1. The van der Waals surface area contributed by atoms with Crippen molar-refractivity contribution in [1.29, 1.82) is 0 Å². The van der Waals surface area contributed by atoms with Crippen LogP contribution in [0.1, 0.15) is 41.3 Å². The van der Waals surface area contributed by atoms with Gasteiger partial charge < -0.3 is 24.4 Å². The van der Waals surface area contributed by atoms with E-state index in [2.05, 4.69) is 51.1 Å². The lowest BCUT2D eigenvalue weighted by Gasteiger charge is -2.41. The number of carbonyl (C=O) groups excluding carboxylic acids is 1. The van der Waals surface area contributed by atoms with E-state index in [1.54, 1.807) is 37.6 Å². The number of anilines is 3. The average molecular weight is 668 g/mol. The molecule has 1 saturated heterocycles. The van der Waals surface area contributed by atoms with Crippen molar-refractivity contribution in [2.75, 3.05) is 42.4 Å². The first-order chi connectivity index (χ1) is 23.1. The number of ether oxygens (including phenoxy) is 3. The van der Waals surface area contributed by atoms with E-state index in [0.29, 0.717) is 36.8 Å². The lowest BCUT2D eigenvalue weighted by Crippen LogP contribution is -2.49. The van der Waals surface area contributed by atoms with Crippen LogP contribution in [0.3, 0.4) is 0 Å². The molecule has 1 N–H and O–H groups in total. The number of benzene rings is 3. The molecule has 0 radical (unpaired) electrons. The third-order valence-corrected chi connectivity index (χ3v) is 9.24. The Labute approximate surface area is 279 Å². The Morgan fingerprint density at radius 3 is 2.46 bits per heavy atom. The summed E-state index contributed by atoms with van der Waals surface area (Å²) in [6.45, 7) is 5.93. The zero-order chi connectivity index (χ0) is 33.8. The molecular formula is C36H37N5O6S. The molecule has 11 nitrogen and oxygen atoms in total. The number of hydrogen-bond donors (Lipinski definition) is 1. The van der Waals surface area contributed by atoms with E-state index < -0.39 is 9.84 Å². The van der Waals surface area contributed by atoms with Gasteiger partial charge in [0.05, 0.1) is 18.4 Å². The van der Waals surface area contributed by atoms with E-state index in [1.165, 1.54) is 11.8 Å². The van der Waals surface area contributed by atoms with Gasteiger partial charge in [-0.05, 0) is 64.9 Å². The Hall–Kier alpha value is -5.23. The van der Waals surface area contributed by atoms with Crippen molar-refractivity contribution in [3.63, 3.8) is 0 Å². The summed E-state index contributed by atoms with van der Waals surface area (Å²) >= 11 is 0. The molecule has 0 spiro atoms. The van der Waals surface area contributed by atoms with Crippen molar-refractivity contribution >= 4 is 44.2 Å². The molecule has 12 heteroatoms. The van der Waals surface area contributed by atoms with Crippen molar-refractivity contribution in [1.82, 2.24) is 15.0 Å². The zero-order valence-electron chi connectivity index (χ0n) is 27.2. The van der Waals surface area contributed by atoms with Gasteiger partial charge in [0.15, 0.2) is 6.29 Å². The molecular weight excluding hydrogens is 630 g/mol. The highest BCUT2D eigenvalue weighted by Crippen LogP contribution is 2.37. The van der Waals surface area contributed by atoms with E-state index >= 15 is 0 Å². The molecule has 1 aliphatic heterocycles. The van der Waals surface area contributed by atoms with Crippen molar-refractivity contribution in [3.8, 4) is 23.3 Å². The Bertz CT molecular complexity index is 2050. The highest BCUT2D eigenvalue weighted by molar-refractivity contribution is 7.90. The van der Waals surface area contributed by atoms with E-state index in [1.807, 2.05) is 36.5 Å². The fraction of sp³-hybridized carbons (Fsp3) is 0.278. The van der Waals surface area contributed by atoms with Crippen molar-refractivity contribution in [2.24, 2.45) is 5.92 Å². The summed E-state index contributed by atoms with van der Waals surface area (Å²) in [5, 5.41) is 5.32. The van der Waals surface area contributed by atoms with E-state index in [0.717, 1.165) is 27.8 Å². The van der Waals surface area contributed by atoms with Gasteiger partial charge in [-0.1, -0.05) is 38.1 Å². The van der Waals surface area contributed by atoms with Gasteiger partial charge in [-0.2, -0.15) is 4.98 Å². The maximum absolute atomic E-state index is 12.1. The van der Waals surface area contributed by atoms with Crippen molar-refractivity contribution in [3.05, 3.63) is 95.8 Å². The maximum atomic E-state index is 12.1. The van der Waals surface area contributed by atoms with Gasteiger partial charge in [0.1, 0.15) is 45.3 Å². The van der Waals surface area contributed by atoms with Crippen LogP contribution in [-0.2, 0) is 16.4 Å². The maximum Gasteiger partial charge on any atom is 0.323 e. The summed E-state index contributed by atoms with van der Waals surface area (Å²) in [5.74, 6) is 3.02. The Balaban J connectivity index is 1.19. The highest BCUT2D eigenvalue weighted by Gasteiger charge is 2.31. The quantitative estimate of drug-likeness (QED) is 0.137. The smallest absolute Gasteiger partial charge is 0.323 e. The van der Waals surface area contributed by atoms with E-state index in [4.69, 9.17) is 14.2 Å². The molecule has 2 aromatic heterocycles. The van der Waals surface area contributed by atoms with Crippen molar-refractivity contribution < 1.29 is 27.4 Å². The zero-order valence-corrected chi connectivity index (χ0v) is 28.0. The lowest BCUT2D eigenvalue weighted by atomic mass is 9.93. The van der Waals surface area contributed by atoms with Crippen LogP contribution in [0.5, 0.6) is 23.3 Å². The minimum Gasteiger partial charge on any atom is -0.497 e. The summed E-state index contributed by atoms with van der Waals surface area (Å²) in [7, 11) is -1.41. The van der Waals surface area contributed by atoms with Crippen LogP contribution in [0, 0.1) is 5.92 Å². The normalized spacial score (nSPS) is 13.3. The SMILES string of the molecule is COc1ccc(COc2cccc(Oc3nccc(Nc4cc5c(C(C)C)ccc(N6CC(CS(C)(=O)=O)C6)c5cn4)n3)c2C=O)cc1. The molecule has 0 unspecified atom stereocenters. The summed E-state index contributed by atoms with van der Waals surface area (Å²) < 4.78 is 40.6. The van der Waals surface area contributed by atoms with Crippen LogP contribution >= 0.6 is 0 Å². The topological polar surface area (TPSA) is 133 Å². The monoisotopic (exact) mass is 667 g/mol. The Morgan fingerprint density at radius 1 is 0.979 bits per heavy atom. The number of sulfone groups is 1. The van der Waals surface area contributed by atoms with E-state index in [-0.39, 0.29) is 41.5 Å². The van der Waals surface area contributed by atoms with Gasteiger partial charge in [-0.3, -0.25) is 4.79 Å². The molecule has 1 aliphatic rings. The van der Waals surface area contributed by atoms with Gasteiger partial charge in [0.25, 0.3) is 0 Å². The molecule has 0 saturated carbocycles. The lowest BCUT2D eigenvalue weighted by molar-refractivity contribution is 0.111. The molecule has 0 bridgehead atoms. The molecule has 48 heavy (non-hydrogen) atoms. The molecule has 1 fully saturated rings. The van der Waals surface area contributed by atoms with Crippen LogP contribution in [0.2, 0.25) is 0 Å². The number of nitrogens with zero attached hydrogens (tertiary/aromatic N) is 4. The van der Waals surface area contributed by atoms with Crippen LogP contribution in [-0.4, -0.2) is 61.9 Å². The van der Waals surface area contributed by atoms with Crippen LogP contribution in [0.4, 0.5) is 17.3 Å². The number of carbonyl (C=O) groups is 1. The molecule has 0 atom stereocenters. The van der Waals surface area contributed by atoms with Crippen molar-refractivity contribution in [2.45, 2.75) is 26.4 Å². The molecule has 248 valence electrons. The predicted octanol–water partition coefficient (Wildman–Crippen LogP) is 6.57. The number of pyridine rings is 1. The third-order valence-electron chi connectivity index (χ3n) is 8.16. The van der Waals surface area contributed by atoms with Gasteiger partial charge in [0.2, 0.25) is 0 Å². The average Bonchev–Trinajstić information content (AvgIpc) is 3.04. The van der Waals surface area contributed by atoms with Crippen LogP contribution < -0.4 is 24.4 Å². The number of aromatic nitrogens is 3. The second-order valence-corrected chi connectivity index (χ2v) is 14.4. The standard InChI is InChI=1S/C36H37N5O6S/c1-23(2)27-12-13-31(41-18-25(19-41)22-48(4,43)44)29-17-38-35(16-28(27)29)39-34-14-15-37-36(40-34)47-33-7-5-6-32(30(33)20-42)46-21-24-8-10-26(45-3)11-9-24/h5-17,20,23,25H,18-19,21-22H2,1-4H3,(H,37,38,39,40). The third kappa shape index (κ3) is 7.49. The summed E-state index contributed by atoms with van der Waals surface area (Å²) in [6.07, 6.45) is 5.38. The second-order valence-electron chi connectivity index (χ2n) is 12.2. The predicted molar refractivity (Wildman–Crippen MR) is 186 cm³/mol. The summed E-state index contributed by atoms with van der Waals surface area (Å²) in [6, 6.07) is 20.6. The van der Waals surface area contributed by atoms with Gasteiger partial charge in [-0.25, -0.2) is 18.4 Å². The summed E-state index contributed by atoms with van der Waals surface area (Å²) in [5.41, 5.74) is 3.37. The minimum atomic E-state index is -3.02. The van der Waals surface area contributed by atoms with Gasteiger partial charge in [-0.15, -0.1) is 0 Å². The molecule has 0 amide bonds. The molecule has 6 rings (SSSR count). The number of nitrogens with one attached hydrogen (secondary N) is 1. The molecule has 3 heterocycles. The molecule has 0 aliphatic carbocycles. The van der Waals surface area contributed by atoms with Gasteiger partial charge in [0, 0.05) is 48.7 Å². The number of rotatable bonds is 13. The van der Waals surface area contributed by atoms with Crippen LogP contribution in [0.15, 0.2) is 79.1 Å². The second kappa shape index (κ2) is 13.9. The minimum absolute atomic E-state index is 0.0442. The fourth-order valence-electron chi connectivity index (χ4n) is 5.82. The number of fused-ring (bicyclic) bond motifs is 1. The Morgan fingerprint density at radius 2 is 1.75 bits per heavy atom. The molecule has 5 aromatic rings. The Kier molecular flexibility index (Phi) is 9.44. The summed E-state index contributed by atoms with van der Waals surface area (Å²) in [4.78, 5) is 27.8. The van der Waals surface area contributed by atoms with E-state index in [9.17, 15) is 13.2 Å². The fourth-order valence-corrected chi connectivity index (χ4v) is 6.89. The largest absolute Gasteiger partial charge is 0.497 e. The number of aldehydes is 1. The highest BCUT2D eigenvalue weighted by atomic mass is 32.2. The first kappa shape index (κ1) is 32.7.